The standard InChI is InChI=1S/C11H13ClN2O3/c1-2-17-7-10(15)13-14-11(16)8-4-3-5-9(12)6-8/h3-6H,2,7H2,1H3,(H,13,15)(H,14,16). The number of halogens is 1. The molecule has 17 heavy (non-hydrogen) atoms. The van der Waals surface area contributed by atoms with Gasteiger partial charge in [0.2, 0.25) is 0 Å². The minimum atomic E-state index is -0.433. The second-order valence-electron chi connectivity index (χ2n) is 3.15. The van der Waals surface area contributed by atoms with E-state index < -0.39 is 11.8 Å². The third-order valence-electron chi connectivity index (χ3n) is 1.84. The molecular formula is C11H13ClN2O3. The lowest BCUT2D eigenvalue weighted by Gasteiger charge is -2.07. The Morgan fingerprint density at radius 3 is 2.76 bits per heavy atom. The smallest absolute Gasteiger partial charge is 0.269 e. The SMILES string of the molecule is CCOCC(=O)NNC(=O)c1cccc(Cl)c1. The predicted octanol–water partition coefficient (Wildman–Crippen LogP) is 1.14. The van der Waals surface area contributed by atoms with Gasteiger partial charge in [-0.25, -0.2) is 0 Å². The molecule has 1 rings (SSSR count). The molecule has 1 aromatic rings. The molecule has 2 amide bonds. The van der Waals surface area contributed by atoms with Crippen LogP contribution in [0.3, 0.4) is 0 Å². The van der Waals surface area contributed by atoms with Crippen LogP contribution in [-0.2, 0) is 9.53 Å². The highest BCUT2D eigenvalue weighted by molar-refractivity contribution is 6.30. The van der Waals surface area contributed by atoms with Crippen LogP contribution in [0.4, 0.5) is 0 Å². The van der Waals surface area contributed by atoms with E-state index in [1.807, 2.05) is 0 Å². The first-order valence-corrected chi connectivity index (χ1v) is 5.43. The van der Waals surface area contributed by atoms with Crippen molar-refractivity contribution in [2.45, 2.75) is 6.92 Å². The molecule has 0 radical (unpaired) electrons. The highest BCUT2D eigenvalue weighted by atomic mass is 35.5. The lowest BCUT2D eigenvalue weighted by Crippen LogP contribution is -2.43. The zero-order valence-electron chi connectivity index (χ0n) is 9.33. The minimum Gasteiger partial charge on any atom is -0.372 e. The van der Waals surface area contributed by atoms with Gasteiger partial charge in [-0.3, -0.25) is 20.4 Å². The Morgan fingerprint density at radius 1 is 1.35 bits per heavy atom. The second-order valence-corrected chi connectivity index (χ2v) is 3.59. The van der Waals surface area contributed by atoms with Crippen molar-refractivity contribution in [1.29, 1.82) is 0 Å². The third-order valence-corrected chi connectivity index (χ3v) is 2.07. The van der Waals surface area contributed by atoms with Crippen LogP contribution in [-0.4, -0.2) is 25.0 Å². The molecule has 0 aliphatic rings. The Labute approximate surface area is 104 Å². The number of ether oxygens (including phenoxy) is 1. The van der Waals surface area contributed by atoms with E-state index in [1.165, 1.54) is 6.07 Å². The second kappa shape index (κ2) is 6.88. The summed E-state index contributed by atoms with van der Waals surface area (Å²) in [6, 6.07) is 6.41. The molecule has 0 spiro atoms. The van der Waals surface area contributed by atoms with Crippen molar-refractivity contribution in [2.24, 2.45) is 0 Å². The highest BCUT2D eigenvalue weighted by Crippen LogP contribution is 2.09. The molecule has 1 aromatic carbocycles. The molecule has 5 nitrogen and oxygen atoms in total. The monoisotopic (exact) mass is 256 g/mol. The fourth-order valence-corrected chi connectivity index (χ4v) is 1.25. The van der Waals surface area contributed by atoms with Gasteiger partial charge in [0.15, 0.2) is 0 Å². The number of hydrogen-bond acceptors (Lipinski definition) is 3. The van der Waals surface area contributed by atoms with E-state index in [9.17, 15) is 9.59 Å². The molecule has 0 saturated carbocycles. The summed E-state index contributed by atoms with van der Waals surface area (Å²) in [6.07, 6.45) is 0. The Morgan fingerprint density at radius 2 is 2.12 bits per heavy atom. The average Bonchev–Trinajstić information content (AvgIpc) is 2.33. The van der Waals surface area contributed by atoms with E-state index in [1.54, 1.807) is 25.1 Å². The summed E-state index contributed by atoms with van der Waals surface area (Å²) in [5, 5.41) is 0.457. The van der Waals surface area contributed by atoms with Crippen molar-refractivity contribution in [3.63, 3.8) is 0 Å². The fourth-order valence-electron chi connectivity index (χ4n) is 1.06. The van der Waals surface area contributed by atoms with Gasteiger partial charge in [0.25, 0.3) is 11.8 Å². The molecular weight excluding hydrogens is 244 g/mol. The number of amides is 2. The number of hydrazine groups is 1. The molecule has 0 aliphatic carbocycles. The Hall–Kier alpha value is -1.59. The number of rotatable bonds is 4. The first-order chi connectivity index (χ1) is 8.13. The van der Waals surface area contributed by atoms with Gasteiger partial charge in [-0.05, 0) is 25.1 Å². The van der Waals surface area contributed by atoms with E-state index in [0.717, 1.165) is 0 Å². The molecule has 0 heterocycles. The topological polar surface area (TPSA) is 67.4 Å². The Bertz CT molecular complexity index is 409. The Kier molecular flexibility index (Phi) is 5.45. The highest BCUT2D eigenvalue weighted by Gasteiger charge is 2.07. The van der Waals surface area contributed by atoms with Gasteiger partial charge in [-0.15, -0.1) is 0 Å². The van der Waals surface area contributed by atoms with Gasteiger partial charge in [-0.1, -0.05) is 17.7 Å². The number of carbonyl (C=O) groups is 2. The van der Waals surface area contributed by atoms with Gasteiger partial charge in [-0.2, -0.15) is 0 Å². The minimum absolute atomic E-state index is 0.0909. The van der Waals surface area contributed by atoms with Crippen molar-refractivity contribution in [1.82, 2.24) is 10.9 Å². The van der Waals surface area contributed by atoms with Crippen molar-refractivity contribution in [3.8, 4) is 0 Å². The summed E-state index contributed by atoms with van der Waals surface area (Å²) in [4.78, 5) is 22.7. The molecule has 0 fully saturated rings. The summed E-state index contributed by atoms with van der Waals surface area (Å²) >= 11 is 5.73. The fraction of sp³-hybridized carbons (Fsp3) is 0.273. The molecule has 0 saturated heterocycles. The third kappa shape index (κ3) is 4.84. The molecule has 2 N–H and O–H groups in total. The summed E-state index contributed by atoms with van der Waals surface area (Å²) in [5.41, 5.74) is 4.86. The molecule has 0 unspecified atom stereocenters. The van der Waals surface area contributed by atoms with Crippen molar-refractivity contribution in [2.75, 3.05) is 13.2 Å². The van der Waals surface area contributed by atoms with Crippen LogP contribution in [0.25, 0.3) is 0 Å². The number of hydrogen-bond donors (Lipinski definition) is 2. The molecule has 0 atom stereocenters. The van der Waals surface area contributed by atoms with Crippen LogP contribution in [0, 0.1) is 0 Å². The average molecular weight is 257 g/mol. The molecule has 0 aromatic heterocycles. The van der Waals surface area contributed by atoms with Crippen LogP contribution in [0.5, 0.6) is 0 Å². The predicted molar refractivity (Wildman–Crippen MR) is 63.6 cm³/mol. The summed E-state index contributed by atoms with van der Waals surface area (Å²) < 4.78 is 4.87. The number of nitrogens with one attached hydrogen (secondary N) is 2. The molecule has 6 heteroatoms. The number of carbonyl (C=O) groups excluding carboxylic acids is 2. The largest absolute Gasteiger partial charge is 0.372 e. The molecule has 0 aliphatic heterocycles. The zero-order chi connectivity index (χ0) is 12.7. The van der Waals surface area contributed by atoms with Crippen molar-refractivity contribution in [3.05, 3.63) is 34.9 Å². The van der Waals surface area contributed by atoms with Crippen LogP contribution < -0.4 is 10.9 Å². The Balaban J connectivity index is 2.42. The maximum atomic E-state index is 11.5. The maximum Gasteiger partial charge on any atom is 0.269 e. The van der Waals surface area contributed by atoms with Crippen LogP contribution in [0.2, 0.25) is 5.02 Å². The first-order valence-electron chi connectivity index (χ1n) is 5.06. The maximum absolute atomic E-state index is 11.5. The first kappa shape index (κ1) is 13.5. The van der Waals surface area contributed by atoms with Crippen molar-refractivity contribution < 1.29 is 14.3 Å². The molecule has 0 bridgehead atoms. The van der Waals surface area contributed by atoms with Crippen molar-refractivity contribution >= 4 is 23.4 Å². The lowest BCUT2D eigenvalue weighted by atomic mass is 10.2. The van der Waals surface area contributed by atoms with Gasteiger partial charge in [0, 0.05) is 17.2 Å². The van der Waals surface area contributed by atoms with Crippen LogP contribution in [0.1, 0.15) is 17.3 Å². The van der Waals surface area contributed by atoms with E-state index in [2.05, 4.69) is 10.9 Å². The van der Waals surface area contributed by atoms with Gasteiger partial charge >= 0.3 is 0 Å². The lowest BCUT2D eigenvalue weighted by molar-refractivity contribution is -0.126. The number of benzene rings is 1. The van der Waals surface area contributed by atoms with Gasteiger partial charge in [0.1, 0.15) is 6.61 Å². The van der Waals surface area contributed by atoms with E-state index in [0.29, 0.717) is 17.2 Å². The molecule has 92 valence electrons. The van der Waals surface area contributed by atoms with Gasteiger partial charge < -0.3 is 4.74 Å². The summed E-state index contributed by atoms with van der Waals surface area (Å²) in [5.74, 6) is -0.848. The summed E-state index contributed by atoms with van der Waals surface area (Å²) in [6.45, 7) is 2.12. The van der Waals surface area contributed by atoms with E-state index in [4.69, 9.17) is 16.3 Å². The quantitative estimate of drug-likeness (QED) is 0.794. The van der Waals surface area contributed by atoms with E-state index >= 15 is 0 Å². The van der Waals surface area contributed by atoms with E-state index in [-0.39, 0.29) is 6.61 Å². The van der Waals surface area contributed by atoms with Crippen LogP contribution >= 0.6 is 11.6 Å². The van der Waals surface area contributed by atoms with Crippen LogP contribution in [0.15, 0.2) is 24.3 Å². The zero-order valence-corrected chi connectivity index (χ0v) is 10.1. The normalized spacial score (nSPS) is 9.76. The summed E-state index contributed by atoms with van der Waals surface area (Å²) in [7, 11) is 0. The van der Waals surface area contributed by atoms with Gasteiger partial charge in [0.05, 0.1) is 0 Å².